The number of alkyl halides is 6. The SMILES string of the molecule is COc1ccccc1-c1cnc(N(C(=O)O)c2ccc(OCC(F)(F)F)cc2C(F)(F)F)c(Nc2ccccc2F)n1. The first kappa shape index (κ1) is 29.9. The van der Waals surface area contributed by atoms with Crippen molar-refractivity contribution in [3.8, 4) is 22.8 Å². The second-order valence-electron chi connectivity index (χ2n) is 8.43. The number of amides is 1. The van der Waals surface area contributed by atoms with Crippen molar-refractivity contribution >= 4 is 29.1 Å². The molecule has 8 nitrogen and oxygen atoms in total. The summed E-state index contributed by atoms with van der Waals surface area (Å²) >= 11 is 0. The lowest BCUT2D eigenvalue weighted by molar-refractivity contribution is -0.153. The van der Waals surface area contributed by atoms with Crippen LogP contribution in [-0.2, 0) is 6.18 Å². The largest absolute Gasteiger partial charge is 0.496 e. The van der Waals surface area contributed by atoms with Gasteiger partial charge in [-0.3, -0.25) is 0 Å². The van der Waals surface area contributed by atoms with Crippen molar-refractivity contribution < 1.29 is 50.1 Å². The number of para-hydroxylation sites is 2. The quantitative estimate of drug-likeness (QED) is 0.200. The highest BCUT2D eigenvalue weighted by Crippen LogP contribution is 2.43. The van der Waals surface area contributed by atoms with E-state index in [4.69, 9.17) is 4.74 Å². The first-order valence-electron chi connectivity index (χ1n) is 11.7. The summed E-state index contributed by atoms with van der Waals surface area (Å²) in [5.41, 5.74) is -2.41. The molecular weight excluding hydrogens is 577 g/mol. The Hall–Kier alpha value is -5.08. The Morgan fingerprint density at radius 1 is 1.00 bits per heavy atom. The molecule has 15 heteroatoms. The van der Waals surface area contributed by atoms with Crippen LogP contribution < -0.4 is 19.7 Å². The molecule has 1 amide bonds. The zero-order valence-electron chi connectivity index (χ0n) is 21.3. The molecule has 0 spiro atoms. The van der Waals surface area contributed by atoms with E-state index in [1.165, 1.54) is 25.3 Å². The lowest BCUT2D eigenvalue weighted by atomic mass is 10.1. The second kappa shape index (κ2) is 11.8. The van der Waals surface area contributed by atoms with Crippen molar-refractivity contribution in [1.29, 1.82) is 0 Å². The number of ether oxygens (including phenoxy) is 2. The molecular formula is C27H19F7N4O4. The summed E-state index contributed by atoms with van der Waals surface area (Å²) in [5.74, 6) is -2.43. The van der Waals surface area contributed by atoms with Gasteiger partial charge < -0.3 is 19.9 Å². The molecule has 0 aliphatic carbocycles. The highest BCUT2D eigenvalue weighted by atomic mass is 19.4. The van der Waals surface area contributed by atoms with Gasteiger partial charge in [0, 0.05) is 5.56 Å². The average molecular weight is 596 g/mol. The summed E-state index contributed by atoms with van der Waals surface area (Å²) in [6, 6.07) is 13.2. The van der Waals surface area contributed by atoms with E-state index in [0.717, 1.165) is 18.3 Å². The minimum absolute atomic E-state index is 0.0901. The summed E-state index contributed by atoms with van der Waals surface area (Å²) in [5, 5.41) is 12.6. The van der Waals surface area contributed by atoms with Gasteiger partial charge in [0.25, 0.3) is 0 Å². The number of halogens is 7. The fraction of sp³-hybridized carbons (Fsp3) is 0.148. The molecule has 3 aromatic carbocycles. The van der Waals surface area contributed by atoms with Crippen molar-refractivity contribution in [1.82, 2.24) is 9.97 Å². The van der Waals surface area contributed by atoms with E-state index in [9.17, 15) is 40.6 Å². The lowest BCUT2D eigenvalue weighted by Gasteiger charge is -2.25. The maximum Gasteiger partial charge on any atom is 0.422 e. The number of hydrogen-bond acceptors (Lipinski definition) is 6. The third kappa shape index (κ3) is 6.79. The Morgan fingerprint density at radius 2 is 1.69 bits per heavy atom. The molecule has 1 heterocycles. The van der Waals surface area contributed by atoms with Crippen LogP contribution in [0.5, 0.6) is 11.5 Å². The number of methoxy groups -OCH3 is 1. The molecule has 0 aliphatic rings. The molecule has 0 radical (unpaired) electrons. The lowest BCUT2D eigenvalue weighted by Crippen LogP contribution is -2.28. The summed E-state index contributed by atoms with van der Waals surface area (Å²) in [6.07, 6.45) is -11.0. The maximum absolute atomic E-state index is 14.5. The van der Waals surface area contributed by atoms with E-state index in [0.29, 0.717) is 17.4 Å². The van der Waals surface area contributed by atoms with Crippen LogP contribution in [0.2, 0.25) is 0 Å². The van der Waals surface area contributed by atoms with Crippen molar-refractivity contribution in [2.75, 3.05) is 23.9 Å². The van der Waals surface area contributed by atoms with E-state index >= 15 is 0 Å². The van der Waals surface area contributed by atoms with Gasteiger partial charge in [-0.1, -0.05) is 24.3 Å². The third-order valence-corrected chi connectivity index (χ3v) is 5.58. The molecule has 0 atom stereocenters. The maximum atomic E-state index is 14.5. The Bertz CT molecular complexity index is 1600. The Kier molecular flexibility index (Phi) is 8.40. The fourth-order valence-corrected chi connectivity index (χ4v) is 3.81. The Morgan fingerprint density at radius 3 is 2.33 bits per heavy atom. The van der Waals surface area contributed by atoms with Gasteiger partial charge in [0.05, 0.1) is 35.9 Å². The topological polar surface area (TPSA) is 96.8 Å². The molecule has 0 aliphatic heterocycles. The zero-order valence-corrected chi connectivity index (χ0v) is 21.3. The van der Waals surface area contributed by atoms with E-state index in [1.54, 1.807) is 24.3 Å². The molecule has 0 saturated heterocycles. The molecule has 4 aromatic rings. The van der Waals surface area contributed by atoms with Crippen LogP contribution in [0.4, 0.5) is 58.5 Å². The summed E-state index contributed by atoms with van der Waals surface area (Å²) in [7, 11) is 1.38. The number of benzene rings is 3. The van der Waals surface area contributed by atoms with E-state index in [1.807, 2.05) is 0 Å². The van der Waals surface area contributed by atoms with Crippen molar-refractivity contribution in [3.05, 3.63) is 84.3 Å². The summed E-state index contributed by atoms with van der Waals surface area (Å²) in [4.78, 5) is 21.0. The van der Waals surface area contributed by atoms with Gasteiger partial charge >= 0.3 is 18.4 Å². The van der Waals surface area contributed by atoms with Gasteiger partial charge in [0.15, 0.2) is 18.2 Å². The first-order valence-corrected chi connectivity index (χ1v) is 11.7. The minimum Gasteiger partial charge on any atom is -0.496 e. The van der Waals surface area contributed by atoms with Crippen LogP contribution in [0.15, 0.2) is 72.9 Å². The van der Waals surface area contributed by atoms with Crippen molar-refractivity contribution in [3.63, 3.8) is 0 Å². The number of rotatable bonds is 8. The van der Waals surface area contributed by atoms with Gasteiger partial charge in [-0.25, -0.2) is 24.1 Å². The van der Waals surface area contributed by atoms with Gasteiger partial charge in [0.1, 0.15) is 17.3 Å². The predicted molar refractivity (Wildman–Crippen MR) is 137 cm³/mol. The van der Waals surface area contributed by atoms with Crippen LogP contribution in [0.25, 0.3) is 11.3 Å². The second-order valence-corrected chi connectivity index (χ2v) is 8.43. The highest BCUT2D eigenvalue weighted by Gasteiger charge is 2.39. The molecule has 2 N–H and O–H groups in total. The number of nitrogens with one attached hydrogen (secondary N) is 1. The van der Waals surface area contributed by atoms with Crippen LogP contribution in [0.1, 0.15) is 5.56 Å². The van der Waals surface area contributed by atoms with Crippen LogP contribution >= 0.6 is 0 Å². The predicted octanol–water partition coefficient (Wildman–Crippen LogP) is 7.81. The number of carboxylic acid groups (broad SMARTS) is 1. The molecule has 0 bridgehead atoms. The molecule has 1 aromatic heterocycles. The Balaban J connectivity index is 1.91. The first-order chi connectivity index (χ1) is 19.8. The smallest absolute Gasteiger partial charge is 0.422 e. The number of hydrogen-bond donors (Lipinski definition) is 2. The molecule has 0 saturated carbocycles. The van der Waals surface area contributed by atoms with E-state index < -0.39 is 59.5 Å². The summed E-state index contributed by atoms with van der Waals surface area (Å²) < 4.78 is 104. The van der Waals surface area contributed by atoms with Crippen LogP contribution in [0, 0.1) is 5.82 Å². The molecule has 0 unspecified atom stereocenters. The number of aromatic nitrogens is 2. The fourth-order valence-electron chi connectivity index (χ4n) is 3.81. The van der Waals surface area contributed by atoms with Gasteiger partial charge in [-0.15, -0.1) is 0 Å². The Labute approximate surface area is 233 Å². The van der Waals surface area contributed by atoms with E-state index in [2.05, 4.69) is 20.0 Å². The molecule has 4 rings (SSSR count). The van der Waals surface area contributed by atoms with Gasteiger partial charge in [-0.2, -0.15) is 26.3 Å². The normalized spacial score (nSPS) is 11.6. The molecule has 0 fully saturated rings. The zero-order chi connectivity index (χ0) is 30.7. The van der Waals surface area contributed by atoms with Crippen LogP contribution in [-0.4, -0.2) is 41.1 Å². The number of nitrogens with zero attached hydrogens (tertiary/aromatic N) is 3. The van der Waals surface area contributed by atoms with Gasteiger partial charge in [0.2, 0.25) is 0 Å². The van der Waals surface area contributed by atoms with Crippen molar-refractivity contribution in [2.45, 2.75) is 12.4 Å². The minimum atomic E-state index is -5.25. The third-order valence-electron chi connectivity index (χ3n) is 5.58. The molecule has 42 heavy (non-hydrogen) atoms. The molecule has 220 valence electrons. The number of carbonyl (C=O) groups is 1. The standard InChI is InChI=1S/C27H19F7N4O4/c1-41-22-9-5-2-6-16(22)20-13-35-24(23(37-20)36-19-8-4-3-7-18(19)28)38(25(39)40)21-11-10-15(42-14-26(29,30)31)12-17(21)27(32,33)34/h2-13H,14H2,1H3,(H,36,37)(H,39,40). The van der Waals surface area contributed by atoms with E-state index in [-0.39, 0.29) is 22.3 Å². The monoisotopic (exact) mass is 596 g/mol. The average Bonchev–Trinajstić information content (AvgIpc) is 2.93. The van der Waals surface area contributed by atoms with Crippen LogP contribution in [0.3, 0.4) is 0 Å². The van der Waals surface area contributed by atoms with Crippen molar-refractivity contribution in [2.24, 2.45) is 0 Å². The summed E-state index contributed by atoms with van der Waals surface area (Å²) in [6.45, 7) is -1.88. The highest BCUT2D eigenvalue weighted by molar-refractivity contribution is 5.98. The van der Waals surface area contributed by atoms with Gasteiger partial charge in [-0.05, 0) is 42.5 Å². The number of anilines is 4.